The van der Waals surface area contributed by atoms with Crippen LogP contribution in [0.15, 0.2) is 30.3 Å². The minimum atomic E-state index is -0.0240. The highest BCUT2D eigenvalue weighted by Gasteiger charge is 2.38. The molecule has 0 spiro atoms. The Labute approximate surface area is 105 Å². The molecule has 2 heteroatoms. The van der Waals surface area contributed by atoms with Gasteiger partial charge in [-0.05, 0) is 24.8 Å². The van der Waals surface area contributed by atoms with Gasteiger partial charge in [0.1, 0.15) is 0 Å². The van der Waals surface area contributed by atoms with Crippen LogP contribution in [-0.2, 0) is 0 Å². The molecule has 1 fully saturated rings. The third-order valence-corrected chi connectivity index (χ3v) is 4.14. The lowest BCUT2D eigenvalue weighted by Gasteiger charge is -2.27. The Morgan fingerprint density at radius 1 is 1.24 bits per heavy atom. The molecule has 1 aromatic carbocycles. The summed E-state index contributed by atoms with van der Waals surface area (Å²) in [4.78, 5) is 0. The van der Waals surface area contributed by atoms with Crippen molar-refractivity contribution in [3.63, 3.8) is 0 Å². The van der Waals surface area contributed by atoms with E-state index in [9.17, 15) is 0 Å². The van der Waals surface area contributed by atoms with E-state index in [-0.39, 0.29) is 5.54 Å². The summed E-state index contributed by atoms with van der Waals surface area (Å²) in [6.07, 6.45) is 3.34. The van der Waals surface area contributed by atoms with Crippen LogP contribution in [0, 0.1) is 0 Å². The third kappa shape index (κ3) is 3.08. The molecule has 0 saturated heterocycles. The zero-order chi connectivity index (χ0) is 12.3. The standard InChI is InChI=1S/C15H24N2/c1-3-15(16,4-2)11-17-14-10-13(14)12-8-6-5-7-9-12/h5-9,13-14,17H,3-4,10-11,16H2,1-2H3. The van der Waals surface area contributed by atoms with Crippen LogP contribution < -0.4 is 11.1 Å². The molecule has 1 aliphatic carbocycles. The summed E-state index contributed by atoms with van der Waals surface area (Å²) in [6.45, 7) is 5.29. The summed E-state index contributed by atoms with van der Waals surface area (Å²) in [6, 6.07) is 11.4. The fraction of sp³-hybridized carbons (Fsp3) is 0.600. The van der Waals surface area contributed by atoms with E-state index in [0.29, 0.717) is 12.0 Å². The van der Waals surface area contributed by atoms with E-state index in [4.69, 9.17) is 5.73 Å². The Kier molecular flexibility index (Phi) is 3.85. The Morgan fingerprint density at radius 2 is 1.88 bits per heavy atom. The van der Waals surface area contributed by atoms with E-state index in [0.717, 1.165) is 19.4 Å². The van der Waals surface area contributed by atoms with Gasteiger partial charge in [0.05, 0.1) is 0 Å². The number of nitrogens with two attached hydrogens (primary N) is 1. The predicted octanol–water partition coefficient (Wildman–Crippen LogP) is 2.65. The van der Waals surface area contributed by atoms with E-state index >= 15 is 0 Å². The molecule has 1 aromatic rings. The summed E-state index contributed by atoms with van der Waals surface area (Å²) in [5, 5.41) is 3.62. The molecular weight excluding hydrogens is 208 g/mol. The molecule has 94 valence electrons. The van der Waals surface area contributed by atoms with E-state index in [1.165, 1.54) is 12.0 Å². The van der Waals surface area contributed by atoms with Crippen LogP contribution >= 0.6 is 0 Å². The van der Waals surface area contributed by atoms with Gasteiger partial charge in [0.2, 0.25) is 0 Å². The second-order valence-corrected chi connectivity index (χ2v) is 5.31. The lowest BCUT2D eigenvalue weighted by Crippen LogP contribution is -2.48. The van der Waals surface area contributed by atoms with Crippen LogP contribution in [0.4, 0.5) is 0 Å². The highest BCUT2D eigenvalue weighted by Crippen LogP contribution is 2.40. The first kappa shape index (κ1) is 12.6. The summed E-state index contributed by atoms with van der Waals surface area (Å²) in [5.41, 5.74) is 7.73. The molecule has 2 rings (SSSR count). The van der Waals surface area contributed by atoms with Gasteiger partial charge in [0.25, 0.3) is 0 Å². The molecule has 2 atom stereocenters. The second-order valence-electron chi connectivity index (χ2n) is 5.31. The van der Waals surface area contributed by atoms with Gasteiger partial charge >= 0.3 is 0 Å². The third-order valence-electron chi connectivity index (χ3n) is 4.14. The van der Waals surface area contributed by atoms with Crippen molar-refractivity contribution in [3.8, 4) is 0 Å². The molecule has 3 N–H and O–H groups in total. The summed E-state index contributed by atoms with van der Waals surface area (Å²) < 4.78 is 0. The van der Waals surface area contributed by atoms with Gasteiger partial charge < -0.3 is 11.1 Å². The zero-order valence-corrected chi connectivity index (χ0v) is 10.9. The van der Waals surface area contributed by atoms with E-state index in [1.54, 1.807) is 0 Å². The summed E-state index contributed by atoms with van der Waals surface area (Å²) in [5.74, 6) is 0.703. The van der Waals surface area contributed by atoms with Crippen molar-refractivity contribution in [3.05, 3.63) is 35.9 Å². The van der Waals surface area contributed by atoms with E-state index in [2.05, 4.69) is 49.5 Å². The minimum absolute atomic E-state index is 0.0240. The van der Waals surface area contributed by atoms with Gasteiger partial charge in [-0.1, -0.05) is 44.2 Å². The first-order valence-electron chi connectivity index (χ1n) is 6.75. The van der Waals surface area contributed by atoms with Gasteiger partial charge in [0, 0.05) is 24.0 Å². The Hall–Kier alpha value is -0.860. The van der Waals surface area contributed by atoms with Crippen molar-refractivity contribution in [2.75, 3.05) is 6.54 Å². The number of benzene rings is 1. The first-order chi connectivity index (χ1) is 8.18. The van der Waals surface area contributed by atoms with Gasteiger partial charge in [0.15, 0.2) is 0 Å². The van der Waals surface area contributed by atoms with Crippen molar-refractivity contribution >= 4 is 0 Å². The fourth-order valence-electron chi connectivity index (χ4n) is 2.32. The van der Waals surface area contributed by atoms with E-state index in [1.807, 2.05) is 0 Å². The topological polar surface area (TPSA) is 38.0 Å². The van der Waals surface area contributed by atoms with Gasteiger partial charge in [-0.15, -0.1) is 0 Å². The maximum atomic E-state index is 6.29. The van der Waals surface area contributed by atoms with Gasteiger partial charge in [-0.3, -0.25) is 0 Å². The van der Waals surface area contributed by atoms with Crippen LogP contribution in [0.1, 0.15) is 44.6 Å². The molecule has 0 amide bonds. The molecule has 1 aliphatic rings. The zero-order valence-electron chi connectivity index (χ0n) is 10.9. The molecule has 17 heavy (non-hydrogen) atoms. The summed E-state index contributed by atoms with van der Waals surface area (Å²) in [7, 11) is 0. The van der Waals surface area contributed by atoms with Crippen molar-refractivity contribution < 1.29 is 0 Å². The van der Waals surface area contributed by atoms with Gasteiger partial charge in [-0.25, -0.2) is 0 Å². The molecular formula is C15H24N2. The van der Waals surface area contributed by atoms with Crippen LogP contribution in [0.2, 0.25) is 0 Å². The SMILES string of the molecule is CCC(N)(CC)CNC1CC1c1ccccc1. The molecule has 2 nitrogen and oxygen atoms in total. The minimum Gasteiger partial charge on any atom is -0.324 e. The normalized spacial score (nSPS) is 23.7. The lowest BCUT2D eigenvalue weighted by atomic mass is 9.94. The average molecular weight is 232 g/mol. The molecule has 0 aromatic heterocycles. The number of nitrogens with one attached hydrogen (secondary N) is 1. The molecule has 2 unspecified atom stereocenters. The Bertz CT molecular complexity index is 343. The van der Waals surface area contributed by atoms with Crippen molar-refractivity contribution in [2.45, 2.75) is 50.6 Å². The largest absolute Gasteiger partial charge is 0.324 e. The smallest absolute Gasteiger partial charge is 0.0275 e. The van der Waals surface area contributed by atoms with Crippen molar-refractivity contribution in [2.24, 2.45) is 5.73 Å². The second kappa shape index (κ2) is 5.19. The maximum absolute atomic E-state index is 6.29. The van der Waals surface area contributed by atoms with Crippen LogP contribution in [0.5, 0.6) is 0 Å². The van der Waals surface area contributed by atoms with Crippen LogP contribution in [0.25, 0.3) is 0 Å². The van der Waals surface area contributed by atoms with Crippen molar-refractivity contribution in [1.29, 1.82) is 0 Å². The number of hydrogen-bond donors (Lipinski definition) is 2. The fourth-order valence-corrected chi connectivity index (χ4v) is 2.32. The molecule has 1 saturated carbocycles. The Balaban J connectivity index is 1.81. The average Bonchev–Trinajstić information content (AvgIpc) is 3.17. The maximum Gasteiger partial charge on any atom is 0.0275 e. The monoisotopic (exact) mass is 232 g/mol. The van der Waals surface area contributed by atoms with Gasteiger partial charge in [-0.2, -0.15) is 0 Å². The number of hydrogen-bond acceptors (Lipinski definition) is 2. The highest BCUT2D eigenvalue weighted by atomic mass is 15.0. The lowest BCUT2D eigenvalue weighted by molar-refractivity contribution is 0.367. The highest BCUT2D eigenvalue weighted by molar-refractivity contribution is 5.27. The van der Waals surface area contributed by atoms with Crippen LogP contribution in [0.3, 0.4) is 0 Å². The predicted molar refractivity (Wildman–Crippen MR) is 73.1 cm³/mol. The molecule has 0 aliphatic heterocycles. The quantitative estimate of drug-likeness (QED) is 0.791. The molecule has 0 radical (unpaired) electrons. The van der Waals surface area contributed by atoms with E-state index < -0.39 is 0 Å². The Morgan fingerprint density at radius 3 is 2.47 bits per heavy atom. The first-order valence-corrected chi connectivity index (χ1v) is 6.75. The van der Waals surface area contributed by atoms with Crippen molar-refractivity contribution in [1.82, 2.24) is 5.32 Å². The van der Waals surface area contributed by atoms with Crippen LogP contribution in [-0.4, -0.2) is 18.1 Å². The molecule has 0 heterocycles. The summed E-state index contributed by atoms with van der Waals surface area (Å²) >= 11 is 0. The molecule has 0 bridgehead atoms. The number of rotatable bonds is 6.